The van der Waals surface area contributed by atoms with Crippen LogP contribution < -0.4 is 10.6 Å². The van der Waals surface area contributed by atoms with Crippen LogP contribution in [0.15, 0.2) is 18.2 Å². The van der Waals surface area contributed by atoms with E-state index in [0.717, 1.165) is 6.92 Å². The highest BCUT2D eigenvalue weighted by Crippen LogP contribution is 2.30. The fourth-order valence-corrected chi connectivity index (χ4v) is 1.25. The van der Waals surface area contributed by atoms with Crippen molar-refractivity contribution in [3.63, 3.8) is 0 Å². The number of hydrogen-bond donors (Lipinski definition) is 1. The maximum absolute atomic E-state index is 13.0. The van der Waals surface area contributed by atoms with Crippen LogP contribution in [0.25, 0.3) is 0 Å². The van der Waals surface area contributed by atoms with Crippen molar-refractivity contribution < 1.29 is 18.4 Å². The Bertz CT molecular complexity index is 337. The molecule has 5 heteroatoms. The molecule has 0 aliphatic carbocycles. The van der Waals surface area contributed by atoms with Crippen LogP contribution in [0.5, 0.6) is 5.75 Å². The van der Waals surface area contributed by atoms with Crippen LogP contribution in [0, 0.1) is 0 Å². The average molecular weight is 217 g/mol. The van der Waals surface area contributed by atoms with Gasteiger partial charge in [0.05, 0.1) is 13.7 Å². The molecule has 3 nitrogen and oxygen atoms in total. The minimum atomic E-state index is -2.88. The van der Waals surface area contributed by atoms with Crippen molar-refractivity contribution >= 4 is 0 Å². The first kappa shape index (κ1) is 11.9. The topological polar surface area (TPSA) is 44.5 Å². The molecule has 15 heavy (non-hydrogen) atoms. The summed E-state index contributed by atoms with van der Waals surface area (Å²) in [6, 6.07) is 4.12. The standard InChI is InChI=1S/C10H13F2NO2/c1-10(11,12)8-3-4-9(14-2)7(5-8)6-15-13/h3-5H,6,13H2,1-2H3. The van der Waals surface area contributed by atoms with Crippen molar-refractivity contribution in [1.82, 2.24) is 0 Å². The van der Waals surface area contributed by atoms with Crippen LogP contribution in [0.3, 0.4) is 0 Å². The van der Waals surface area contributed by atoms with Crippen molar-refractivity contribution in [3.05, 3.63) is 29.3 Å². The highest BCUT2D eigenvalue weighted by atomic mass is 19.3. The number of benzene rings is 1. The van der Waals surface area contributed by atoms with Crippen LogP contribution in [-0.4, -0.2) is 7.11 Å². The zero-order valence-corrected chi connectivity index (χ0v) is 8.59. The third kappa shape index (κ3) is 2.87. The Morgan fingerprint density at radius 2 is 2.07 bits per heavy atom. The first-order chi connectivity index (χ1) is 6.99. The number of alkyl halides is 2. The van der Waals surface area contributed by atoms with Crippen LogP contribution in [0.2, 0.25) is 0 Å². The lowest BCUT2D eigenvalue weighted by molar-refractivity contribution is 0.0171. The summed E-state index contributed by atoms with van der Waals surface area (Å²) in [5.41, 5.74) is 0.411. The molecule has 0 unspecified atom stereocenters. The summed E-state index contributed by atoms with van der Waals surface area (Å²) in [6.45, 7) is 0.870. The zero-order valence-electron chi connectivity index (χ0n) is 8.59. The number of ether oxygens (including phenoxy) is 1. The predicted octanol–water partition coefficient (Wildman–Crippen LogP) is 2.20. The van der Waals surface area contributed by atoms with E-state index in [4.69, 9.17) is 10.6 Å². The normalized spacial score (nSPS) is 11.5. The molecule has 0 amide bonds. The first-order valence-corrected chi connectivity index (χ1v) is 4.36. The second-order valence-electron chi connectivity index (χ2n) is 3.23. The highest BCUT2D eigenvalue weighted by molar-refractivity contribution is 5.38. The highest BCUT2D eigenvalue weighted by Gasteiger charge is 2.25. The van der Waals surface area contributed by atoms with Gasteiger partial charge in [0.1, 0.15) is 5.75 Å². The molecule has 0 aromatic heterocycles. The molecule has 0 bridgehead atoms. The Morgan fingerprint density at radius 1 is 1.40 bits per heavy atom. The van der Waals surface area contributed by atoms with Gasteiger partial charge < -0.3 is 4.74 Å². The van der Waals surface area contributed by atoms with Crippen molar-refractivity contribution in [3.8, 4) is 5.75 Å². The Hall–Kier alpha value is -1.20. The lowest BCUT2D eigenvalue weighted by atomic mass is 10.1. The minimum Gasteiger partial charge on any atom is -0.496 e. The fourth-order valence-electron chi connectivity index (χ4n) is 1.25. The third-order valence-corrected chi connectivity index (χ3v) is 2.03. The zero-order chi connectivity index (χ0) is 11.5. The SMILES string of the molecule is COc1ccc(C(C)(F)F)cc1CON. The Balaban J connectivity index is 3.10. The van der Waals surface area contributed by atoms with Gasteiger partial charge in [0.25, 0.3) is 5.92 Å². The summed E-state index contributed by atoms with van der Waals surface area (Å²) in [5.74, 6) is 2.50. The van der Waals surface area contributed by atoms with Crippen LogP contribution in [-0.2, 0) is 17.4 Å². The van der Waals surface area contributed by atoms with Gasteiger partial charge in [-0.05, 0) is 18.2 Å². The Labute approximate surface area is 86.7 Å². The molecule has 0 heterocycles. The van der Waals surface area contributed by atoms with Crippen molar-refractivity contribution in [2.24, 2.45) is 5.90 Å². The van der Waals surface area contributed by atoms with Gasteiger partial charge in [-0.2, -0.15) is 0 Å². The summed E-state index contributed by atoms with van der Waals surface area (Å²) in [6.07, 6.45) is 0. The summed E-state index contributed by atoms with van der Waals surface area (Å²) in [5, 5.41) is 0. The number of nitrogens with two attached hydrogens (primary N) is 1. The largest absolute Gasteiger partial charge is 0.496 e. The number of rotatable bonds is 4. The second kappa shape index (κ2) is 4.55. The summed E-state index contributed by atoms with van der Waals surface area (Å²) >= 11 is 0. The van der Waals surface area contributed by atoms with E-state index in [9.17, 15) is 8.78 Å². The van der Waals surface area contributed by atoms with Crippen molar-refractivity contribution in [2.45, 2.75) is 19.5 Å². The van der Waals surface area contributed by atoms with Crippen molar-refractivity contribution in [2.75, 3.05) is 7.11 Å². The Kier molecular flexibility index (Phi) is 3.60. The molecule has 0 fully saturated rings. The van der Waals surface area contributed by atoms with Gasteiger partial charge >= 0.3 is 0 Å². The van der Waals surface area contributed by atoms with E-state index < -0.39 is 5.92 Å². The van der Waals surface area contributed by atoms with E-state index in [1.165, 1.54) is 25.3 Å². The van der Waals surface area contributed by atoms with Gasteiger partial charge in [-0.1, -0.05) is 0 Å². The Morgan fingerprint density at radius 3 is 2.53 bits per heavy atom. The van der Waals surface area contributed by atoms with Gasteiger partial charge in [0, 0.05) is 18.1 Å². The van der Waals surface area contributed by atoms with Crippen LogP contribution in [0.4, 0.5) is 8.78 Å². The van der Waals surface area contributed by atoms with Gasteiger partial charge in [-0.25, -0.2) is 14.7 Å². The molecular weight excluding hydrogens is 204 g/mol. The number of hydrogen-bond acceptors (Lipinski definition) is 3. The molecular formula is C10H13F2NO2. The number of halogens is 2. The summed E-state index contributed by atoms with van der Waals surface area (Å²) < 4.78 is 31.0. The van der Waals surface area contributed by atoms with Gasteiger partial charge in [-0.15, -0.1) is 0 Å². The molecule has 84 valence electrons. The quantitative estimate of drug-likeness (QED) is 0.786. The lowest BCUT2D eigenvalue weighted by Gasteiger charge is -2.14. The molecule has 1 aromatic rings. The van der Waals surface area contributed by atoms with E-state index in [-0.39, 0.29) is 12.2 Å². The maximum Gasteiger partial charge on any atom is 0.270 e. The molecule has 0 aliphatic rings. The maximum atomic E-state index is 13.0. The van der Waals surface area contributed by atoms with E-state index >= 15 is 0 Å². The molecule has 0 aliphatic heterocycles. The van der Waals surface area contributed by atoms with E-state index in [1.807, 2.05) is 0 Å². The van der Waals surface area contributed by atoms with E-state index in [1.54, 1.807) is 0 Å². The van der Waals surface area contributed by atoms with E-state index in [0.29, 0.717) is 11.3 Å². The lowest BCUT2D eigenvalue weighted by Crippen LogP contribution is -2.09. The molecule has 0 saturated carbocycles. The summed E-state index contributed by atoms with van der Waals surface area (Å²) in [4.78, 5) is 4.41. The second-order valence-corrected chi connectivity index (χ2v) is 3.23. The summed E-state index contributed by atoms with van der Waals surface area (Å²) in [7, 11) is 1.46. The average Bonchev–Trinajstić information content (AvgIpc) is 2.17. The molecule has 2 N–H and O–H groups in total. The molecule has 0 spiro atoms. The fraction of sp³-hybridized carbons (Fsp3) is 0.400. The molecule has 0 atom stereocenters. The predicted molar refractivity (Wildman–Crippen MR) is 51.5 cm³/mol. The first-order valence-electron chi connectivity index (χ1n) is 4.36. The van der Waals surface area contributed by atoms with Crippen molar-refractivity contribution in [1.29, 1.82) is 0 Å². The van der Waals surface area contributed by atoms with Crippen LogP contribution in [0.1, 0.15) is 18.1 Å². The van der Waals surface area contributed by atoms with Gasteiger partial charge in [0.2, 0.25) is 0 Å². The number of methoxy groups -OCH3 is 1. The van der Waals surface area contributed by atoms with Gasteiger partial charge in [-0.3, -0.25) is 4.84 Å². The monoisotopic (exact) mass is 217 g/mol. The molecule has 1 rings (SSSR count). The molecule has 0 radical (unpaired) electrons. The van der Waals surface area contributed by atoms with E-state index in [2.05, 4.69) is 4.84 Å². The van der Waals surface area contributed by atoms with Gasteiger partial charge in [0.15, 0.2) is 0 Å². The molecule has 0 saturated heterocycles. The minimum absolute atomic E-state index is 0.0348. The van der Waals surface area contributed by atoms with Crippen LogP contribution >= 0.6 is 0 Å². The molecule has 1 aromatic carbocycles. The third-order valence-electron chi connectivity index (χ3n) is 2.03. The smallest absolute Gasteiger partial charge is 0.270 e.